The Morgan fingerprint density at radius 3 is 2.54 bits per heavy atom. The summed E-state index contributed by atoms with van der Waals surface area (Å²) in [5, 5.41) is 4.39. The summed E-state index contributed by atoms with van der Waals surface area (Å²) < 4.78 is 5.79. The average Bonchev–Trinajstić information content (AvgIpc) is 3.30. The quantitative estimate of drug-likeness (QED) is 0.741. The molecule has 140 valence electrons. The molecule has 5 heteroatoms. The lowest BCUT2D eigenvalue weighted by molar-refractivity contribution is -0.132. The lowest BCUT2D eigenvalue weighted by Crippen LogP contribution is -2.33. The second-order valence-electron chi connectivity index (χ2n) is 7.40. The van der Waals surface area contributed by atoms with Gasteiger partial charge in [-0.3, -0.25) is 4.79 Å². The molecule has 1 amide bonds. The van der Waals surface area contributed by atoms with Crippen molar-refractivity contribution < 1.29 is 9.32 Å². The fraction of sp³-hybridized carbons (Fsp3) is 0.524. The van der Waals surface area contributed by atoms with Crippen LogP contribution in [0.2, 0.25) is 0 Å². The summed E-state index contributed by atoms with van der Waals surface area (Å²) in [5.41, 5.74) is 2.91. The first-order chi connectivity index (χ1) is 12.6. The summed E-state index contributed by atoms with van der Waals surface area (Å²) >= 11 is 0. The van der Waals surface area contributed by atoms with Crippen molar-refractivity contribution in [1.29, 1.82) is 0 Å². The van der Waals surface area contributed by atoms with Crippen LogP contribution in [0.5, 0.6) is 0 Å². The molecule has 0 spiro atoms. The molecule has 26 heavy (non-hydrogen) atoms. The molecule has 5 nitrogen and oxygen atoms in total. The Kier molecular flexibility index (Phi) is 5.96. The smallest absolute Gasteiger partial charge is 0.232 e. The molecule has 1 saturated heterocycles. The third-order valence-corrected chi connectivity index (χ3v) is 4.80. The maximum atomic E-state index is 12.5. The minimum Gasteiger partial charge on any atom is -0.340 e. The molecule has 0 radical (unpaired) electrons. The van der Waals surface area contributed by atoms with Gasteiger partial charge in [0.25, 0.3) is 0 Å². The van der Waals surface area contributed by atoms with Gasteiger partial charge >= 0.3 is 0 Å². The number of carbonyl (C=O) groups excluding carboxylic acids is 1. The van der Waals surface area contributed by atoms with Crippen LogP contribution in [-0.2, 0) is 11.3 Å². The number of hydrogen-bond acceptors (Lipinski definition) is 4. The van der Waals surface area contributed by atoms with Crippen molar-refractivity contribution in [3.8, 4) is 11.3 Å². The van der Waals surface area contributed by atoms with Crippen LogP contribution in [0, 0.1) is 5.92 Å². The highest BCUT2D eigenvalue weighted by Crippen LogP contribution is 2.34. The fourth-order valence-electron chi connectivity index (χ4n) is 3.54. The molecular weight excluding hydrogens is 326 g/mol. The number of benzene rings is 1. The Hall–Kier alpha value is -2.30. The number of aromatic nitrogens is 1. The number of carbonyl (C=O) groups is 1. The summed E-state index contributed by atoms with van der Waals surface area (Å²) in [7, 11) is 0. The lowest BCUT2D eigenvalue weighted by atomic mass is 10.1. The van der Waals surface area contributed by atoms with Gasteiger partial charge < -0.3 is 14.3 Å². The van der Waals surface area contributed by atoms with Crippen molar-refractivity contribution in [3.05, 3.63) is 35.9 Å². The first kappa shape index (κ1) is 18.5. The van der Waals surface area contributed by atoms with Crippen molar-refractivity contribution >= 4 is 11.8 Å². The van der Waals surface area contributed by atoms with E-state index in [4.69, 9.17) is 4.52 Å². The van der Waals surface area contributed by atoms with Gasteiger partial charge in [0.2, 0.25) is 11.8 Å². The van der Waals surface area contributed by atoms with E-state index in [2.05, 4.69) is 23.9 Å². The van der Waals surface area contributed by atoms with Gasteiger partial charge in [0, 0.05) is 31.6 Å². The number of hydrogen-bond donors (Lipinski definition) is 0. The molecule has 0 saturated carbocycles. The molecule has 3 rings (SSSR count). The SMILES string of the molecule is CCC(=O)N(Cc1c(-c2ccccc2)noc1N1CCCC1)CC(C)C. The minimum absolute atomic E-state index is 0.172. The Bertz CT molecular complexity index is 718. The molecule has 1 aliphatic rings. The average molecular weight is 355 g/mol. The second kappa shape index (κ2) is 8.39. The van der Waals surface area contributed by atoms with Crippen molar-refractivity contribution in [1.82, 2.24) is 10.1 Å². The van der Waals surface area contributed by atoms with Gasteiger partial charge in [-0.2, -0.15) is 0 Å². The summed E-state index contributed by atoms with van der Waals surface area (Å²) in [6, 6.07) is 10.1. The zero-order valence-corrected chi connectivity index (χ0v) is 16.1. The summed E-state index contributed by atoms with van der Waals surface area (Å²) in [6.07, 6.45) is 2.85. The van der Waals surface area contributed by atoms with Crippen molar-refractivity contribution in [2.24, 2.45) is 5.92 Å². The molecule has 1 aliphatic heterocycles. The van der Waals surface area contributed by atoms with Crippen LogP contribution in [0.15, 0.2) is 34.9 Å². The molecule has 1 aromatic heterocycles. The Labute approximate surface area is 156 Å². The van der Waals surface area contributed by atoms with Crippen LogP contribution >= 0.6 is 0 Å². The molecule has 2 heterocycles. The van der Waals surface area contributed by atoms with Gasteiger partial charge in [-0.15, -0.1) is 0 Å². The molecule has 0 unspecified atom stereocenters. The van der Waals surface area contributed by atoms with Gasteiger partial charge in [-0.1, -0.05) is 56.3 Å². The van der Waals surface area contributed by atoms with Gasteiger partial charge in [0.05, 0.1) is 12.1 Å². The molecule has 0 bridgehead atoms. The summed E-state index contributed by atoms with van der Waals surface area (Å²) in [6.45, 7) is 9.47. The first-order valence-electron chi connectivity index (χ1n) is 9.66. The Morgan fingerprint density at radius 2 is 1.92 bits per heavy atom. The molecule has 1 aromatic carbocycles. The van der Waals surface area contributed by atoms with Crippen LogP contribution in [0.25, 0.3) is 11.3 Å². The number of anilines is 1. The van der Waals surface area contributed by atoms with E-state index in [-0.39, 0.29) is 5.91 Å². The zero-order chi connectivity index (χ0) is 18.5. The molecule has 0 aliphatic carbocycles. The first-order valence-corrected chi connectivity index (χ1v) is 9.66. The van der Waals surface area contributed by atoms with Gasteiger partial charge in [0.1, 0.15) is 5.69 Å². The van der Waals surface area contributed by atoms with E-state index in [0.29, 0.717) is 18.9 Å². The topological polar surface area (TPSA) is 49.6 Å². The zero-order valence-electron chi connectivity index (χ0n) is 16.1. The van der Waals surface area contributed by atoms with E-state index in [1.54, 1.807) is 0 Å². The van der Waals surface area contributed by atoms with E-state index in [1.807, 2.05) is 42.2 Å². The molecular formula is C21H29N3O2. The summed E-state index contributed by atoms with van der Waals surface area (Å²) in [4.78, 5) is 16.7. The third kappa shape index (κ3) is 4.09. The highest BCUT2D eigenvalue weighted by Gasteiger charge is 2.27. The standard InChI is InChI=1S/C21H29N3O2/c1-4-19(25)24(14-16(2)3)15-18-20(17-10-6-5-7-11-17)22-26-21(18)23-12-8-9-13-23/h5-7,10-11,16H,4,8-9,12-15H2,1-3H3. The van der Waals surface area contributed by atoms with Crippen molar-refractivity contribution in [3.63, 3.8) is 0 Å². The predicted octanol–water partition coefficient (Wildman–Crippen LogP) is 4.34. The van der Waals surface area contributed by atoms with Crippen LogP contribution in [-0.4, -0.2) is 35.6 Å². The fourth-order valence-corrected chi connectivity index (χ4v) is 3.54. The van der Waals surface area contributed by atoms with Crippen molar-refractivity contribution in [2.75, 3.05) is 24.5 Å². The van der Waals surface area contributed by atoms with Crippen molar-refractivity contribution in [2.45, 2.75) is 46.6 Å². The van der Waals surface area contributed by atoms with E-state index >= 15 is 0 Å². The van der Waals surface area contributed by atoms with Gasteiger partial charge in [-0.25, -0.2) is 0 Å². The third-order valence-electron chi connectivity index (χ3n) is 4.80. The molecule has 0 atom stereocenters. The highest BCUT2D eigenvalue weighted by molar-refractivity contribution is 5.77. The number of amides is 1. The largest absolute Gasteiger partial charge is 0.340 e. The number of rotatable bonds is 7. The highest BCUT2D eigenvalue weighted by atomic mass is 16.5. The van der Waals surface area contributed by atoms with Gasteiger partial charge in [-0.05, 0) is 18.8 Å². The Morgan fingerprint density at radius 1 is 1.23 bits per heavy atom. The molecule has 0 N–H and O–H groups in total. The van der Waals surface area contributed by atoms with E-state index in [1.165, 1.54) is 12.8 Å². The van der Waals surface area contributed by atoms with Crippen LogP contribution in [0.1, 0.15) is 45.6 Å². The van der Waals surface area contributed by atoms with Gasteiger partial charge in [0.15, 0.2) is 0 Å². The maximum Gasteiger partial charge on any atom is 0.232 e. The van der Waals surface area contributed by atoms with E-state index in [9.17, 15) is 4.79 Å². The maximum absolute atomic E-state index is 12.5. The lowest BCUT2D eigenvalue weighted by Gasteiger charge is -2.25. The number of nitrogens with zero attached hydrogens (tertiary/aromatic N) is 3. The van der Waals surface area contributed by atoms with Crippen LogP contribution in [0.3, 0.4) is 0 Å². The predicted molar refractivity (Wildman–Crippen MR) is 104 cm³/mol. The minimum atomic E-state index is 0.172. The van der Waals surface area contributed by atoms with Crippen LogP contribution < -0.4 is 4.90 Å². The second-order valence-corrected chi connectivity index (χ2v) is 7.40. The summed E-state index contributed by atoms with van der Waals surface area (Å²) in [5.74, 6) is 1.42. The molecule has 2 aromatic rings. The normalized spacial score (nSPS) is 14.2. The monoisotopic (exact) mass is 355 g/mol. The Balaban J connectivity index is 1.98. The van der Waals surface area contributed by atoms with E-state index in [0.717, 1.165) is 42.3 Å². The van der Waals surface area contributed by atoms with E-state index < -0.39 is 0 Å². The molecule has 1 fully saturated rings. The van der Waals surface area contributed by atoms with Crippen LogP contribution in [0.4, 0.5) is 5.88 Å².